The molecule has 0 radical (unpaired) electrons. The van der Waals surface area contributed by atoms with Crippen LogP contribution in [0.25, 0.3) is 16.5 Å². The highest BCUT2D eigenvalue weighted by Crippen LogP contribution is 2.28. The fourth-order valence-corrected chi connectivity index (χ4v) is 2.64. The van der Waals surface area contributed by atoms with E-state index in [1.54, 1.807) is 0 Å². The zero-order chi connectivity index (χ0) is 15.2. The van der Waals surface area contributed by atoms with Crippen molar-refractivity contribution in [3.8, 4) is 0 Å². The van der Waals surface area contributed by atoms with Gasteiger partial charge in [-0.2, -0.15) is 0 Å². The van der Waals surface area contributed by atoms with Crippen molar-refractivity contribution in [2.75, 3.05) is 20.6 Å². The van der Waals surface area contributed by atoms with Crippen LogP contribution in [0.5, 0.6) is 0 Å². The number of hydrogen-bond donors (Lipinski definition) is 1. The van der Waals surface area contributed by atoms with E-state index in [1.165, 1.54) is 22.0 Å². The van der Waals surface area contributed by atoms with Crippen LogP contribution in [0.4, 0.5) is 0 Å². The van der Waals surface area contributed by atoms with Crippen molar-refractivity contribution in [3.63, 3.8) is 0 Å². The van der Waals surface area contributed by atoms with E-state index < -0.39 is 0 Å². The van der Waals surface area contributed by atoms with Gasteiger partial charge < -0.3 is 10.2 Å². The number of benzene rings is 2. The Kier molecular flexibility index (Phi) is 5.04. The third-order valence-electron chi connectivity index (χ3n) is 3.45. The Morgan fingerprint density at radius 3 is 2.48 bits per heavy atom. The average Bonchev–Trinajstić information content (AvgIpc) is 2.48. The lowest BCUT2D eigenvalue weighted by Gasteiger charge is -2.23. The molecule has 0 saturated carbocycles. The lowest BCUT2D eigenvalue weighted by atomic mass is 10.00. The maximum atomic E-state index is 3.48. The van der Waals surface area contributed by atoms with Gasteiger partial charge in [-0.05, 0) is 30.7 Å². The fraction of sp³-hybridized carbons (Fsp3) is 0.263. The molecule has 110 valence electrons. The van der Waals surface area contributed by atoms with E-state index in [0.29, 0.717) is 0 Å². The first kappa shape index (κ1) is 15.2. The Bertz CT molecular complexity index is 661. The summed E-state index contributed by atoms with van der Waals surface area (Å²) < 4.78 is 0. The zero-order valence-electron chi connectivity index (χ0n) is 13.4. The Balaban J connectivity index is 2.73. The van der Waals surface area contributed by atoms with Gasteiger partial charge in [0.25, 0.3) is 0 Å². The Morgan fingerprint density at radius 2 is 1.81 bits per heavy atom. The van der Waals surface area contributed by atoms with E-state index in [9.17, 15) is 0 Å². The third kappa shape index (κ3) is 3.27. The van der Waals surface area contributed by atoms with Crippen LogP contribution >= 0.6 is 0 Å². The molecule has 0 aromatic heterocycles. The third-order valence-corrected chi connectivity index (χ3v) is 3.45. The van der Waals surface area contributed by atoms with Crippen LogP contribution in [0.1, 0.15) is 19.4 Å². The first-order valence-corrected chi connectivity index (χ1v) is 7.45. The van der Waals surface area contributed by atoms with E-state index in [1.807, 2.05) is 6.92 Å². The molecule has 0 heterocycles. The second kappa shape index (κ2) is 6.98. The molecule has 0 aliphatic rings. The smallest absolute Gasteiger partial charge is 0.0676 e. The summed E-state index contributed by atoms with van der Waals surface area (Å²) in [5.74, 6) is 0. The molecule has 2 aromatic carbocycles. The van der Waals surface area contributed by atoms with Crippen molar-refractivity contribution in [2.24, 2.45) is 0 Å². The van der Waals surface area contributed by atoms with E-state index in [-0.39, 0.29) is 0 Å². The van der Waals surface area contributed by atoms with E-state index in [2.05, 4.69) is 85.9 Å². The minimum atomic E-state index is 0.905. The van der Waals surface area contributed by atoms with Gasteiger partial charge in [-0.25, -0.2) is 0 Å². The minimum Gasteiger partial charge on any atom is -0.384 e. The molecule has 0 aliphatic carbocycles. The quantitative estimate of drug-likeness (QED) is 0.823. The van der Waals surface area contributed by atoms with Gasteiger partial charge in [0.15, 0.2) is 0 Å². The normalized spacial score (nSPS) is 12.6. The maximum Gasteiger partial charge on any atom is 0.0676 e. The van der Waals surface area contributed by atoms with Crippen LogP contribution < -0.4 is 5.32 Å². The zero-order valence-corrected chi connectivity index (χ0v) is 13.4. The van der Waals surface area contributed by atoms with Gasteiger partial charge >= 0.3 is 0 Å². The van der Waals surface area contributed by atoms with Gasteiger partial charge in [-0.1, -0.05) is 48.5 Å². The monoisotopic (exact) mass is 280 g/mol. The van der Waals surface area contributed by atoms with E-state index >= 15 is 0 Å². The second-order valence-corrected chi connectivity index (χ2v) is 5.21. The van der Waals surface area contributed by atoms with Gasteiger partial charge in [-0.15, -0.1) is 0 Å². The molecule has 2 aromatic rings. The average molecular weight is 280 g/mol. The lowest BCUT2D eigenvalue weighted by molar-refractivity contribution is 0.584. The number of fused-ring (bicyclic) bond motifs is 1. The first-order valence-electron chi connectivity index (χ1n) is 7.45. The first-order chi connectivity index (χ1) is 10.2. The number of nitrogens with one attached hydrogen (secondary N) is 1. The van der Waals surface area contributed by atoms with Crippen molar-refractivity contribution in [1.29, 1.82) is 0 Å². The molecule has 0 fully saturated rings. The summed E-state index contributed by atoms with van der Waals surface area (Å²) in [6.07, 6.45) is 4.22. The number of hydrogen-bond acceptors (Lipinski definition) is 2. The minimum absolute atomic E-state index is 0.905. The fourth-order valence-electron chi connectivity index (χ4n) is 2.64. The van der Waals surface area contributed by atoms with Crippen molar-refractivity contribution in [1.82, 2.24) is 10.2 Å². The second-order valence-electron chi connectivity index (χ2n) is 5.21. The highest BCUT2D eigenvalue weighted by molar-refractivity contribution is 5.94. The van der Waals surface area contributed by atoms with E-state index in [4.69, 9.17) is 0 Å². The summed E-state index contributed by atoms with van der Waals surface area (Å²) in [6.45, 7) is 5.08. The summed E-state index contributed by atoms with van der Waals surface area (Å²) in [5, 5.41) is 6.03. The van der Waals surface area contributed by atoms with Crippen LogP contribution in [-0.4, -0.2) is 25.5 Å². The summed E-state index contributed by atoms with van der Waals surface area (Å²) in [4.78, 5) is 2.18. The number of likely N-dealkylation sites (N-methyl/N-ethyl adjacent to an activating group) is 1. The lowest BCUT2D eigenvalue weighted by Crippen LogP contribution is -2.20. The molecule has 0 saturated heterocycles. The Morgan fingerprint density at radius 1 is 1.10 bits per heavy atom. The molecule has 21 heavy (non-hydrogen) atoms. The topological polar surface area (TPSA) is 15.3 Å². The SMILES string of the molecule is C/C=C\C(NCC)=C(/c1cccc2ccccc12)N(C)C. The molecular formula is C19H24N2. The molecule has 0 amide bonds. The Labute approximate surface area is 127 Å². The molecule has 0 atom stereocenters. The standard InChI is InChI=1S/C19H24N2/c1-5-10-18(20-6-2)19(21(3)4)17-14-9-12-15-11-7-8-13-16(15)17/h5,7-14,20H,6H2,1-4H3/b10-5-,19-18-. The largest absolute Gasteiger partial charge is 0.384 e. The van der Waals surface area contributed by atoms with Crippen LogP contribution in [0.15, 0.2) is 60.3 Å². The molecule has 0 unspecified atom stereocenters. The molecule has 0 spiro atoms. The molecule has 0 aliphatic heterocycles. The predicted octanol–water partition coefficient (Wildman–Crippen LogP) is 4.26. The number of nitrogens with zero attached hydrogens (tertiary/aromatic N) is 1. The molecule has 0 bridgehead atoms. The van der Waals surface area contributed by atoms with Crippen LogP contribution in [0.3, 0.4) is 0 Å². The summed E-state index contributed by atoms with van der Waals surface area (Å²) in [7, 11) is 4.19. The van der Waals surface area contributed by atoms with Crippen molar-refractivity contribution >= 4 is 16.5 Å². The van der Waals surface area contributed by atoms with Crippen molar-refractivity contribution in [2.45, 2.75) is 13.8 Å². The highest BCUT2D eigenvalue weighted by Gasteiger charge is 2.12. The molecule has 2 nitrogen and oxygen atoms in total. The summed E-state index contributed by atoms with van der Waals surface area (Å²) >= 11 is 0. The molecule has 2 rings (SSSR count). The Hall–Kier alpha value is -2.22. The number of rotatable bonds is 5. The van der Waals surface area contributed by atoms with Crippen LogP contribution in [-0.2, 0) is 0 Å². The number of allylic oxidation sites excluding steroid dienone is 2. The van der Waals surface area contributed by atoms with Gasteiger partial charge in [0.1, 0.15) is 0 Å². The summed E-state index contributed by atoms with van der Waals surface area (Å²) in [5.41, 5.74) is 3.63. The highest BCUT2D eigenvalue weighted by atomic mass is 15.1. The molecule has 2 heteroatoms. The van der Waals surface area contributed by atoms with Gasteiger partial charge in [0, 0.05) is 26.2 Å². The van der Waals surface area contributed by atoms with Gasteiger partial charge in [0.2, 0.25) is 0 Å². The maximum absolute atomic E-state index is 3.48. The molecule has 1 N–H and O–H groups in total. The predicted molar refractivity (Wildman–Crippen MR) is 93.0 cm³/mol. The van der Waals surface area contributed by atoms with Crippen molar-refractivity contribution in [3.05, 3.63) is 65.9 Å². The van der Waals surface area contributed by atoms with Gasteiger partial charge in [0.05, 0.1) is 11.4 Å². The van der Waals surface area contributed by atoms with Crippen molar-refractivity contribution < 1.29 is 0 Å². The van der Waals surface area contributed by atoms with Gasteiger partial charge in [-0.3, -0.25) is 0 Å². The van der Waals surface area contributed by atoms with Crippen LogP contribution in [0, 0.1) is 0 Å². The van der Waals surface area contributed by atoms with E-state index in [0.717, 1.165) is 12.2 Å². The summed E-state index contributed by atoms with van der Waals surface area (Å²) in [6, 6.07) is 15.0. The molecular weight excluding hydrogens is 256 g/mol. The van der Waals surface area contributed by atoms with Crippen LogP contribution in [0.2, 0.25) is 0 Å².